The summed E-state index contributed by atoms with van der Waals surface area (Å²) in [6, 6.07) is 10.6. The van der Waals surface area contributed by atoms with Gasteiger partial charge in [-0.05, 0) is 40.9 Å². The summed E-state index contributed by atoms with van der Waals surface area (Å²) in [4.78, 5) is 14.5. The van der Waals surface area contributed by atoms with Crippen molar-refractivity contribution in [2.45, 2.75) is 12.8 Å². The average molecular weight is 416 g/mol. The molecule has 1 fully saturated rings. The van der Waals surface area contributed by atoms with Gasteiger partial charge in [-0.15, -0.1) is 0 Å². The Balaban J connectivity index is 1.78. The van der Waals surface area contributed by atoms with Gasteiger partial charge in [0.05, 0.1) is 11.6 Å². The van der Waals surface area contributed by atoms with Crippen LogP contribution in [0, 0.1) is 11.3 Å². The molecule has 0 saturated carbocycles. The van der Waals surface area contributed by atoms with E-state index in [1.165, 1.54) is 6.08 Å². The molecular formula is C19H18BrN3O3. The Morgan fingerprint density at radius 1 is 1.38 bits per heavy atom. The molecule has 0 unspecified atom stereocenters. The van der Waals surface area contributed by atoms with Gasteiger partial charge in [0.1, 0.15) is 23.2 Å². The van der Waals surface area contributed by atoms with Crippen molar-refractivity contribution in [2.24, 2.45) is 0 Å². The van der Waals surface area contributed by atoms with Crippen LogP contribution in [-0.4, -0.2) is 26.1 Å². The van der Waals surface area contributed by atoms with Crippen LogP contribution in [0.2, 0.25) is 0 Å². The summed E-state index contributed by atoms with van der Waals surface area (Å²) >= 11 is 3.48. The first-order chi connectivity index (χ1) is 12.6. The van der Waals surface area contributed by atoms with Crippen LogP contribution in [0.3, 0.4) is 0 Å². The first-order valence-corrected chi connectivity index (χ1v) is 9.01. The largest absolute Gasteiger partial charge is 0.497 e. The number of amides is 1. The molecule has 1 saturated heterocycles. The van der Waals surface area contributed by atoms with Crippen molar-refractivity contribution in [3.8, 4) is 11.8 Å². The molecule has 26 heavy (non-hydrogen) atoms. The molecule has 7 heteroatoms. The van der Waals surface area contributed by atoms with Gasteiger partial charge in [-0.2, -0.15) is 5.26 Å². The molecule has 1 aliphatic heterocycles. The second-order valence-electron chi connectivity index (χ2n) is 5.85. The monoisotopic (exact) mass is 415 g/mol. The highest BCUT2D eigenvalue weighted by atomic mass is 79.9. The summed E-state index contributed by atoms with van der Waals surface area (Å²) < 4.78 is 11.8. The van der Waals surface area contributed by atoms with Crippen LogP contribution in [0.5, 0.6) is 5.75 Å². The normalized spacial score (nSPS) is 14.2. The van der Waals surface area contributed by atoms with Gasteiger partial charge < -0.3 is 19.4 Å². The van der Waals surface area contributed by atoms with Crippen LogP contribution in [0.15, 0.2) is 44.8 Å². The highest BCUT2D eigenvalue weighted by molar-refractivity contribution is 9.10. The third kappa shape index (κ3) is 4.09. The number of nitriles is 1. The number of ether oxygens (including phenoxy) is 1. The molecule has 3 rings (SSSR count). The maximum atomic E-state index is 12.4. The molecule has 1 amide bonds. The molecule has 0 atom stereocenters. The number of carbonyl (C=O) groups excluding carboxylic acids is 1. The average Bonchev–Trinajstić information content (AvgIpc) is 3.29. The molecule has 0 spiro atoms. The minimum absolute atomic E-state index is 0.0398. The Hall–Kier alpha value is -2.72. The van der Waals surface area contributed by atoms with Gasteiger partial charge in [-0.3, -0.25) is 4.79 Å². The van der Waals surface area contributed by atoms with Crippen molar-refractivity contribution in [3.63, 3.8) is 0 Å². The van der Waals surface area contributed by atoms with Gasteiger partial charge in [0.25, 0.3) is 5.91 Å². The van der Waals surface area contributed by atoms with Gasteiger partial charge in [-0.1, -0.05) is 6.07 Å². The standard InChI is InChI=1S/C19H18BrN3O3/c1-25-15-6-4-5-14(10-15)22-18(24)13(12-21)9-16-11-17(20)19(26-16)23-7-2-3-8-23/h4-6,9-11H,2-3,7-8H2,1H3,(H,22,24)/b13-9-. The van der Waals surface area contributed by atoms with E-state index in [-0.39, 0.29) is 5.57 Å². The first-order valence-electron chi connectivity index (χ1n) is 8.22. The Kier molecular flexibility index (Phi) is 5.64. The first kappa shape index (κ1) is 18.1. The highest BCUT2D eigenvalue weighted by Crippen LogP contribution is 2.33. The number of hydrogen-bond donors (Lipinski definition) is 1. The lowest BCUT2D eigenvalue weighted by Gasteiger charge is -2.13. The summed E-state index contributed by atoms with van der Waals surface area (Å²) in [7, 11) is 1.55. The summed E-state index contributed by atoms with van der Waals surface area (Å²) in [6.45, 7) is 1.88. The zero-order chi connectivity index (χ0) is 18.5. The Morgan fingerprint density at radius 3 is 2.85 bits per heavy atom. The summed E-state index contributed by atoms with van der Waals surface area (Å²) in [5, 5.41) is 12.0. The minimum atomic E-state index is -0.504. The van der Waals surface area contributed by atoms with E-state index in [4.69, 9.17) is 9.15 Å². The van der Waals surface area contributed by atoms with Crippen LogP contribution >= 0.6 is 15.9 Å². The fourth-order valence-electron chi connectivity index (χ4n) is 2.77. The van der Waals surface area contributed by atoms with Crippen LogP contribution in [0.1, 0.15) is 18.6 Å². The Labute approximate surface area is 160 Å². The summed E-state index contributed by atoms with van der Waals surface area (Å²) in [5.41, 5.74) is 0.510. The molecule has 1 N–H and O–H groups in total. The smallest absolute Gasteiger partial charge is 0.266 e. The van der Waals surface area contributed by atoms with E-state index in [2.05, 4.69) is 26.1 Å². The van der Waals surface area contributed by atoms with E-state index >= 15 is 0 Å². The third-order valence-electron chi connectivity index (χ3n) is 4.06. The van der Waals surface area contributed by atoms with Gasteiger partial charge in [0.15, 0.2) is 0 Å². The maximum absolute atomic E-state index is 12.4. The van der Waals surface area contributed by atoms with Crippen molar-refractivity contribution in [3.05, 3.63) is 46.1 Å². The van der Waals surface area contributed by atoms with Crippen molar-refractivity contribution < 1.29 is 13.9 Å². The molecule has 6 nitrogen and oxygen atoms in total. The van der Waals surface area contributed by atoms with Crippen molar-refractivity contribution in [1.29, 1.82) is 5.26 Å². The predicted molar refractivity (Wildman–Crippen MR) is 103 cm³/mol. The predicted octanol–water partition coefficient (Wildman–Crippen LogP) is 4.20. The molecule has 1 aliphatic rings. The molecule has 134 valence electrons. The van der Waals surface area contributed by atoms with E-state index in [0.717, 1.165) is 36.3 Å². The number of methoxy groups -OCH3 is 1. The molecule has 0 bridgehead atoms. The quantitative estimate of drug-likeness (QED) is 0.584. The number of hydrogen-bond acceptors (Lipinski definition) is 5. The molecule has 1 aromatic heterocycles. The lowest BCUT2D eigenvalue weighted by Crippen LogP contribution is -2.17. The number of nitrogens with one attached hydrogen (secondary N) is 1. The second kappa shape index (κ2) is 8.11. The molecule has 2 aromatic rings. The third-order valence-corrected chi connectivity index (χ3v) is 4.63. The van der Waals surface area contributed by atoms with E-state index in [0.29, 0.717) is 17.2 Å². The topological polar surface area (TPSA) is 78.5 Å². The fourth-order valence-corrected chi connectivity index (χ4v) is 3.33. The molecule has 0 aliphatic carbocycles. The number of rotatable bonds is 5. The lowest BCUT2D eigenvalue weighted by atomic mass is 10.2. The van der Waals surface area contributed by atoms with Crippen LogP contribution in [0.25, 0.3) is 6.08 Å². The lowest BCUT2D eigenvalue weighted by molar-refractivity contribution is -0.112. The number of nitrogens with zero attached hydrogens (tertiary/aromatic N) is 2. The Morgan fingerprint density at radius 2 is 2.15 bits per heavy atom. The van der Waals surface area contributed by atoms with E-state index in [9.17, 15) is 10.1 Å². The minimum Gasteiger partial charge on any atom is -0.497 e. The van der Waals surface area contributed by atoms with Crippen LogP contribution in [-0.2, 0) is 4.79 Å². The number of anilines is 2. The van der Waals surface area contributed by atoms with E-state index < -0.39 is 5.91 Å². The molecular weight excluding hydrogens is 398 g/mol. The molecule has 1 aromatic carbocycles. The maximum Gasteiger partial charge on any atom is 0.266 e. The second-order valence-corrected chi connectivity index (χ2v) is 6.71. The van der Waals surface area contributed by atoms with E-state index in [1.54, 1.807) is 37.4 Å². The van der Waals surface area contributed by atoms with Crippen molar-refractivity contribution >= 4 is 39.5 Å². The Bertz CT molecular complexity index is 876. The van der Waals surface area contributed by atoms with Gasteiger partial charge in [0, 0.05) is 37.0 Å². The number of carbonyl (C=O) groups is 1. The van der Waals surface area contributed by atoms with Gasteiger partial charge in [0.2, 0.25) is 5.88 Å². The number of halogens is 1. The fraction of sp³-hybridized carbons (Fsp3) is 0.263. The highest BCUT2D eigenvalue weighted by Gasteiger charge is 2.20. The SMILES string of the molecule is COc1cccc(NC(=O)/C(C#N)=C\c2cc(Br)c(N3CCCC3)o2)c1. The van der Waals surface area contributed by atoms with Crippen molar-refractivity contribution in [1.82, 2.24) is 0 Å². The molecule has 0 radical (unpaired) electrons. The van der Waals surface area contributed by atoms with Crippen molar-refractivity contribution in [2.75, 3.05) is 30.4 Å². The molecule has 2 heterocycles. The number of furan rings is 1. The van der Waals surface area contributed by atoms with Gasteiger partial charge >= 0.3 is 0 Å². The van der Waals surface area contributed by atoms with Crippen LogP contribution < -0.4 is 15.0 Å². The van der Waals surface area contributed by atoms with E-state index in [1.807, 2.05) is 6.07 Å². The zero-order valence-corrected chi connectivity index (χ0v) is 15.9. The number of benzene rings is 1. The van der Waals surface area contributed by atoms with Gasteiger partial charge in [-0.25, -0.2) is 0 Å². The zero-order valence-electron chi connectivity index (χ0n) is 14.3. The summed E-state index contributed by atoms with van der Waals surface area (Å²) in [5.74, 6) is 1.31. The van der Waals surface area contributed by atoms with Crippen LogP contribution in [0.4, 0.5) is 11.6 Å². The summed E-state index contributed by atoms with van der Waals surface area (Å²) in [6.07, 6.45) is 3.70.